The quantitative estimate of drug-likeness (QED) is 0.382. The second kappa shape index (κ2) is 9.83. The van der Waals surface area contributed by atoms with Crippen molar-refractivity contribution in [3.8, 4) is 17.2 Å². The molecule has 8 nitrogen and oxygen atoms in total. The van der Waals surface area contributed by atoms with Crippen LogP contribution in [0.4, 0.5) is 0 Å². The van der Waals surface area contributed by atoms with Crippen molar-refractivity contribution >= 4 is 17.2 Å². The number of thiazole rings is 1. The molecule has 1 fully saturated rings. The first-order valence-corrected chi connectivity index (χ1v) is 12.8. The van der Waals surface area contributed by atoms with Crippen LogP contribution in [0, 0.1) is 6.92 Å². The topological polar surface area (TPSA) is 107 Å². The number of nitrogens with zero attached hydrogens (tertiary/aromatic N) is 4. The maximum atomic E-state index is 13.6. The second-order valence-electron chi connectivity index (χ2n) is 9.39. The van der Waals surface area contributed by atoms with E-state index in [0.717, 1.165) is 29.1 Å². The van der Waals surface area contributed by atoms with E-state index in [-0.39, 0.29) is 17.8 Å². The first kappa shape index (κ1) is 24.1. The maximum absolute atomic E-state index is 13.6. The molecule has 2 N–H and O–H groups in total. The smallest absolute Gasteiger partial charge is 0.254 e. The van der Waals surface area contributed by atoms with Crippen molar-refractivity contribution in [1.29, 1.82) is 0 Å². The van der Waals surface area contributed by atoms with Gasteiger partial charge in [0.05, 0.1) is 24.3 Å². The average molecular weight is 504 g/mol. The summed E-state index contributed by atoms with van der Waals surface area (Å²) in [5, 5.41) is 11.5. The van der Waals surface area contributed by atoms with E-state index in [1.807, 2.05) is 54.5 Å². The highest BCUT2D eigenvalue weighted by molar-refractivity contribution is 7.09. The van der Waals surface area contributed by atoms with Crippen LogP contribution >= 0.6 is 11.3 Å². The van der Waals surface area contributed by atoms with Gasteiger partial charge in [-0.3, -0.25) is 4.79 Å². The molecule has 2 aromatic carbocycles. The van der Waals surface area contributed by atoms with Crippen LogP contribution in [-0.2, 0) is 12.0 Å². The molecule has 9 heteroatoms. The highest BCUT2D eigenvalue weighted by Gasteiger charge is 2.33. The van der Waals surface area contributed by atoms with Gasteiger partial charge in [-0.15, -0.1) is 21.5 Å². The summed E-state index contributed by atoms with van der Waals surface area (Å²) in [4.78, 5) is 20.1. The largest absolute Gasteiger partial charge is 0.496 e. The van der Waals surface area contributed by atoms with Gasteiger partial charge in [0.1, 0.15) is 10.8 Å². The van der Waals surface area contributed by atoms with E-state index in [0.29, 0.717) is 35.7 Å². The number of carbonyl (C=O) groups excluding carboxylic acids is 1. The average Bonchev–Trinajstić information content (AvgIpc) is 3.64. The number of rotatable bonds is 7. The van der Waals surface area contributed by atoms with E-state index in [4.69, 9.17) is 14.9 Å². The van der Waals surface area contributed by atoms with E-state index < -0.39 is 5.54 Å². The number of likely N-dealkylation sites (tertiary alicyclic amines) is 1. The molecule has 1 amide bonds. The van der Waals surface area contributed by atoms with Crippen LogP contribution in [0.2, 0.25) is 0 Å². The van der Waals surface area contributed by atoms with Crippen LogP contribution in [0.25, 0.3) is 11.5 Å². The van der Waals surface area contributed by atoms with Gasteiger partial charge in [0.2, 0.25) is 5.89 Å². The molecule has 36 heavy (non-hydrogen) atoms. The highest BCUT2D eigenvalue weighted by atomic mass is 32.1. The molecule has 5 rings (SSSR count). The third-order valence-corrected chi connectivity index (χ3v) is 7.50. The van der Waals surface area contributed by atoms with Gasteiger partial charge < -0.3 is 19.8 Å². The van der Waals surface area contributed by atoms with E-state index in [1.165, 1.54) is 0 Å². The molecular formula is C27H29N5O3S. The summed E-state index contributed by atoms with van der Waals surface area (Å²) in [6, 6.07) is 15.2. The van der Waals surface area contributed by atoms with Crippen LogP contribution in [0.1, 0.15) is 58.3 Å². The molecule has 0 spiro atoms. The summed E-state index contributed by atoms with van der Waals surface area (Å²) in [5.41, 5.74) is 8.85. The zero-order valence-corrected chi connectivity index (χ0v) is 21.4. The van der Waals surface area contributed by atoms with E-state index >= 15 is 0 Å². The summed E-state index contributed by atoms with van der Waals surface area (Å²) in [5.74, 6) is 1.06. The van der Waals surface area contributed by atoms with E-state index in [1.54, 1.807) is 36.6 Å². The van der Waals surface area contributed by atoms with Crippen LogP contribution in [-0.4, -0.2) is 39.6 Å². The van der Waals surface area contributed by atoms with Crippen LogP contribution in [0.3, 0.4) is 0 Å². The third-order valence-electron chi connectivity index (χ3n) is 6.44. The first-order chi connectivity index (χ1) is 17.4. The summed E-state index contributed by atoms with van der Waals surface area (Å²) < 4.78 is 11.6. The Bertz CT molecular complexity index is 1360. The van der Waals surface area contributed by atoms with Gasteiger partial charge in [0.25, 0.3) is 11.8 Å². The molecule has 2 unspecified atom stereocenters. The molecule has 0 radical (unpaired) electrons. The lowest BCUT2D eigenvalue weighted by Gasteiger charge is -2.23. The van der Waals surface area contributed by atoms with Crippen molar-refractivity contribution in [2.24, 2.45) is 5.73 Å². The lowest BCUT2D eigenvalue weighted by atomic mass is 9.94. The molecule has 3 heterocycles. The van der Waals surface area contributed by atoms with Gasteiger partial charge in [0, 0.05) is 23.2 Å². The molecule has 2 aromatic heterocycles. The van der Waals surface area contributed by atoms with Gasteiger partial charge in [0.15, 0.2) is 0 Å². The summed E-state index contributed by atoms with van der Waals surface area (Å²) in [7, 11) is 1.57. The van der Waals surface area contributed by atoms with Crippen LogP contribution < -0.4 is 10.5 Å². The second-order valence-corrected chi connectivity index (χ2v) is 10.3. The highest BCUT2D eigenvalue weighted by Crippen LogP contribution is 2.37. The molecule has 1 aliphatic heterocycles. The Balaban J connectivity index is 1.43. The number of aryl methyl sites for hydroxylation is 1. The fourth-order valence-corrected chi connectivity index (χ4v) is 5.57. The van der Waals surface area contributed by atoms with Crippen LogP contribution in [0.5, 0.6) is 5.75 Å². The molecular weight excluding hydrogens is 474 g/mol. The Labute approximate surface area is 214 Å². The molecule has 2 atom stereocenters. The third kappa shape index (κ3) is 4.76. The predicted molar refractivity (Wildman–Crippen MR) is 138 cm³/mol. The number of benzene rings is 2. The minimum atomic E-state index is -0.859. The predicted octanol–water partition coefficient (Wildman–Crippen LogP) is 4.90. The fraction of sp³-hybridized carbons (Fsp3) is 0.333. The van der Waals surface area contributed by atoms with Gasteiger partial charge in [-0.25, -0.2) is 4.98 Å². The van der Waals surface area contributed by atoms with Crippen molar-refractivity contribution in [2.75, 3.05) is 13.7 Å². The Morgan fingerprint density at radius 2 is 2.06 bits per heavy atom. The maximum Gasteiger partial charge on any atom is 0.254 e. The fourth-order valence-electron chi connectivity index (χ4n) is 4.62. The zero-order valence-electron chi connectivity index (χ0n) is 20.6. The van der Waals surface area contributed by atoms with Gasteiger partial charge in [-0.05, 0) is 56.9 Å². The molecule has 4 aromatic rings. The Morgan fingerprint density at radius 1 is 1.25 bits per heavy atom. The van der Waals surface area contributed by atoms with Crippen molar-refractivity contribution in [2.45, 2.75) is 44.7 Å². The number of carbonyl (C=O) groups is 1. The van der Waals surface area contributed by atoms with Crippen molar-refractivity contribution in [3.05, 3.63) is 81.6 Å². The molecule has 186 valence electrons. The van der Waals surface area contributed by atoms with Gasteiger partial charge >= 0.3 is 0 Å². The molecule has 0 bridgehead atoms. The molecule has 1 saturated heterocycles. The lowest BCUT2D eigenvalue weighted by molar-refractivity contribution is 0.0735. The van der Waals surface area contributed by atoms with Crippen molar-refractivity contribution in [3.63, 3.8) is 0 Å². The number of aromatic nitrogens is 3. The molecule has 0 aliphatic carbocycles. The Morgan fingerprint density at radius 3 is 2.78 bits per heavy atom. The van der Waals surface area contributed by atoms with Crippen LogP contribution in [0.15, 0.2) is 58.3 Å². The SMILES string of the molecule is COc1ccc(C(=O)N2CCCC2c2nc(C)cs2)cc1-c1nnc(C(C)(N)Cc2ccccc2)o1. The Hall–Kier alpha value is -3.56. The van der Waals surface area contributed by atoms with E-state index in [9.17, 15) is 4.79 Å². The number of amides is 1. The number of ether oxygens (including phenoxy) is 1. The molecule has 1 aliphatic rings. The summed E-state index contributed by atoms with van der Waals surface area (Å²) in [6.45, 7) is 4.53. The normalized spacial score (nSPS) is 17.2. The zero-order chi connectivity index (χ0) is 25.3. The summed E-state index contributed by atoms with van der Waals surface area (Å²) in [6.07, 6.45) is 2.39. The van der Waals surface area contributed by atoms with Crippen molar-refractivity contribution < 1.29 is 13.9 Å². The Kier molecular flexibility index (Phi) is 6.59. The first-order valence-electron chi connectivity index (χ1n) is 11.9. The minimum Gasteiger partial charge on any atom is -0.496 e. The standard InChI is InChI=1S/C27H29N5O3S/c1-17-16-36-24(29-17)21-10-7-13-32(21)25(33)19-11-12-22(34-3)20(14-19)23-30-31-26(35-23)27(2,28)15-18-8-5-4-6-9-18/h4-6,8-9,11-12,14,16,21H,7,10,13,15,28H2,1-3H3. The minimum absolute atomic E-state index is 0.00677. The number of nitrogens with two attached hydrogens (primary N) is 1. The van der Waals surface area contributed by atoms with Crippen molar-refractivity contribution in [1.82, 2.24) is 20.1 Å². The summed E-state index contributed by atoms with van der Waals surface area (Å²) >= 11 is 1.60. The van der Waals surface area contributed by atoms with Gasteiger partial charge in [-0.1, -0.05) is 30.3 Å². The molecule has 0 saturated carbocycles. The lowest BCUT2D eigenvalue weighted by Crippen LogP contribution is -2.35. The van der Waals surface area contributed by atoms with E-state index in [2.05, 4.69) is 15.2 Å². The number of hydrogen-bond donors (Lipinski definition) is 1. The number of methoxy groups -OCH3 is 1. The van der Waals surface area contributed by atoms with Gasteiger partial charge in [-0.2, -0.15) is 0 Å². The number of hydrogen-bond acceptors (Lipinski definition) is 8. The monoisotopic (exact) mass is 503 g/mol.